The predicted molar refractivity (Wildman–Crippen MR) is 160 cm³/mol. The van der Waals surface area contributed by atoms with Crippen LogP contribution in [0.1, 0.15) is 54.9 Å². The van der Waals surface area contributed by atoms with Gasteiger partial charge in [0.2, 0.25) is 0 Å². The summed E-state index contributed by atoms with van der Waals surface area (Å²) in [4.78, 5) is 26.7. The first-order chi connectivity index (χ1) is 20.4. The van der Waals surface area contributed by atoms with Crippen LogP contribution in [0.25, 0.3) is 0 Å². The molecule has 4 rings (SSSR count). The molecule has 0 saturated carbocycles. The van der Waals surface area contributed by atoms with E-state index in [1.807, 2.05) is 24.3 Å². The van der Waals surface area contributed by atoms with Gasteiger partial charge < -0.3 is 21.1 Å². The molecule has 2 unspecified atom stereocenters. The largest absolute Gasteiger partial charge is 0.457 e. The van der Waals surface area contributed by atoms with Gasteiger partial charge in [-0.25, -0.2) is 22.0 Å². The van der Waals surface area contributed by atoms with E-state index in [1.165, 1.54) is 12.1 Å². The number of sulfone groups is 1. The number of carbonyl (C=O) groups is 2. The second-order valence-corrected chi connectivity index (χ2v) is 12.8. The SMILES string of the molecule is CCCCC1CC(NC(=O)Nc2cc(C(N)=O)c(F)cc2F)CCN1Cc1ccc(Oc2ccc(S(C)(=O)=O)cc2)cc1. The Hall–Kier alpha value is -4.03. The van der Waals surface area contributed by atoms with E-state index in [-0.39, 0.29) is 22.7 Å². The maximum absolute atomic E-state index is 14.2. The number of unbranched alkanes of at least 4 members (excludes halogenated alkanes) is 1. The number of hydrogen-bond acceptors (Lipinski definition) is 6. The van der Waals surface area contributed by atoms with E-state index in [9.17, 15) is 26.8 Å². The van der Waals surface area contributed by atoms with Gasteiger partial charge in [-0.05, 0) is 67.3 Å². The maximum Gasteiger partial charge on any atom is 0.319 e. The lowest BCUT2D eigenvalue weighted by atomic mass is 9.93. The molecule has 0 radical (unpaired) electrons. The van der Waals surface area contributed by atoms with Gasteiger partial charge >= 0.3 is 6.03 Å². The molecule has 1 aliphatic heterocycles. The van der Waals surface area contributed by atoms with Crippen molar-refractivity contribution in [3.05, 3.63) is 83.4 Å². The molecular formula is C31H36F2N4O5S. The molecule has 230 valence electrons. The summed E-state index contributed by atoms with van der Waals surface area (Å²) in [7, 11) is -3.28. The number of halogens is 2. The van der Waals surface area contributed by atoms with Crippen molar-refractivity contribution in [1.29, 1.82) is 0 Å². The second-order valence-electron chi connectivity index (χ2n) is 10.8. The Morgan fingerprint density at radius 1 is 1.02 bits per heavy atom. The van der Waals surface area contributed by atoms with Crippen LogP contribution < -0.4 is 21.1 Å². The molecule has 3 amide bonds. The van der Waals surface area contributed by atoms with Crippen LogP contribution in [0.15, 0.2) is 65.6 Å². The summed E-state index contributed by atoms with van der Waals surface area (Å²) < 4.78 is 57.2. The van der Waals surface area contributed by atoms with Gasteiger partial charge in [0.05, 0.1) is 16.1 Å². The molecule has 9 nitrogen and oxygen atoms in total. The maximum atomic E-state index is 14.2. The summed E-state index contributed by atoms with van der Waals surface area (Å²) in [6.45, 7) is 3.58. The third-order valence-electron chi connectivity index (χ3n) is 7.43. The fourth-order valence-corrected chi connectivity index (χ4v) is 5.78. The molecule has 1 heterocycles. The Balaban J connectivity index is 1.34. The van der Waals surface area contributed by atoms with Crippen LogP contribution in [0.5, 0.6) is 11.5 Å². The molecule has 0 aromatic heterocycles. The fourth-order valence-electron chi connectivity index (χ4n) is 5.14. The van der Waals surface area contributed by atoms with Crippen LogP contribution in [-0.4, -0.2) is 50.1 Å². The number of hydrogen-bond donors (Lipinski definition) is 3. The molecule has 0 aliphatic carbocycles. The van der Waals surface area contributed by atoms with Crippen LogP contribution in [-0.2, 0) is 16.4 Å². The van der Waals surface area contributed by atoms with Crippen LogP contribution in [0, 0.1) is 11.6 Å². The van der Waals surface area contributed by atoms with E-state index in [1.54, 1.807) is 12.1 Å². The van der Waals surface area contributed by atoms with Crippen molar-refractivity contribution >= 4 is 27.5 Å². The molecule has 1 aliphatic rings. The molecule has 1 fully saturated rings. The lowest BCUT2D eigenvalue weighted by molar-refractivity contribution is 0.0996. The highest BCUT2D eigenvalue weighted by Gasteiger charge is 2.29. The summed E-state index contributed by atoms with van der Waals surface area (Å²) in [6.07, 6.45) is 5.56. The van der Waals surface area contributed by atoms with Crippen molar-refractivity contribution in [3.8, 4) is 11.5 Å². The number of rotatable bonds is 11. The highest BCUT2D eigenvalue weighted by atomic mass is 32.2. The van der Waals surface area contributed by atoms with Crippen LogP contribution >= 0.6 is 0 Å². The molecule has 0 bridgehead atoms. The number of nitrogens with two attached hydrogens (primary N) is 1. The lowest BCUT2D eigenvalue weighted by Crippen LogP contribution is -2.50. The molecular weight excluding hydrogens is 578 g/mol. The number of primary amides is 1. The lowest BCUT2D eigenvalue weighted by Gasteiger charge is -2.40. The summed E-state index contributed by atoms with van der Waals surface area (Å²) in [5.74, 6) is -1.99. The normalized spacial score (nSPS) is 17.3. The van der Waals surface area contributed by atoms with E-state index in [0.29, 0.717) is 37.0 Å². The van der Waals surface area contributed by atoms with Crippen LogP contribution in [0.2, 0.25) is 0 Å². The average molecular weight is 615 g/mol. The predicted octanol–water partition coefficient (Wildman–Crippen LogP) is 5.60. The summed E-state index contributed by atoms with van der Waals surface area (Å²) in [5, 5.41) is 5.26. The van der Waals surface area contributed by atoms with Gasteiger partial charge in [-0.15, -0.1) is 0 Å². The molecule has 3 aromatic rings. The molecule has 3 aromatic carbocycles. The fraction of sp³-hybridized carbons (Fsp3) is 0.355. The zero-order valence-corrected chi connectivity index (χ0v) is 24.9. The Morgan fingerprint density at radius 3 is 2.28 bits per heavy atom. The first kappa shape index (κ1) is 31.9. The van der Waals surface area contributed by atoms with E-state index < -0.39 is 39.0 Å². The first-order valence-corrected chi connectivity index (χ1v) is 16.0. The summed E-state index contributed by atoms with van der Waals surface area (Å²) in [6, 6.07) is 14.8. The summed E-state index contributed by atoms with van der Waals surface area (Å²) in [5.41, 5.74) is 5.40. The van der Waals surface area contributed by atoms with Crippen LogP contribution in [0.3, 0.4) is 0 Å². The van der Waals surface area contributed by atoms with Gasteiger partial charge in [0, 0.05) is 37.5 Å². The monoisotopic (exact) mass is 614 g/mol. The van der Waals surface area contributed by atoms with Crippen molar-refractivity contribution in [2.75, 3.05) is 18.1 Å². The molecule has 43 heavy (non-hydrogen) atoms. The standard InChI is InChI=1S/C31H36F2N4O5S/c1-3-4-5-22-16-21(35-31(39)36-29-17-26(30(34)38)27(32)18-28(29)33)14-15-37(22)19-20-6-8-23(9-7-20)42-24-10-12-25(13-11-24)43(2,40)41/h6-13,17-18,21-22H,3-5,14-16,19H2,1-2H3,(H2,34,38)(H2,35,36,39). The number of urea groups is 1. The van der Waals surface area contributed by atoms with E-state index >= 15 is 0 Å². The van der Waals surface area contributed by atoms with Crippen molar-refractivity contribution in [3.63, 3.8) is 0 Å². The van der Waals surface area contributed by atoms with Crippen molar-refractivity contribution in [2.45, 2.75) is 62.6 Å². The second kappa shape index (κ2) is 14.0. The smallest absolute Gasteiger partial charge is 0.319 e. The molecule has 2 atom stereocenters. The minimum Gasteiger partial charge on any atom is -0.457 e. The molecule has 4 N–H and O–H groups in total. The number of benzene rings is 3. The third kappa shape index (κ3) is 8.74. The number of anilines is 1. The Morgan fingerprint density at radius 2 is 1.67 bits per heavy atom. The number of nitrogens with one attached hydrogen (secondary N) is 2. The number of likely N-dealkylation sites (tertiary alicyclic amines) is 1. The van der Waals surface area contributed by atoms with Crippen LogP contribution in [0.4, 0.5) is 19.3 Å². The van der Waals surface area contributed by atoms with Crippen molar-refractivity contribution in [2.24, 2.45) is 5.73 Å². The molecule has 0 spiro atoms. The Bertz CT molecular complexity index is 1550. The number of ether oxygens (including phenoxy) is 1. The van der Waals surface area contributed by atoms with Gasteiger partial charge in [0.15, 0.2) is 9.84 Å². The van der Waals surface area contributed by atoms with Gasteiger partial charge in [0.1, 0.15) is 23.1 Å². The highest BCUT2D eigenvalue weighted by Crippen LogP contribution is 2.27. The number of amides is 3. The van der Waals surface area contributed by atoms with Gasteiger partial charge in [-0.1, -0.05) is 31.9 Å². The highest BCUT2D eigenvalue weighted by molar-refractivity contribution is 7.90. The number of carbonyl (C=O) groups excluding carboxylic acids is 2. The van der Waals surface area contributed by atoms with Gasteiger partial charge in [-0.3, -0.25) is 9.69 Å². The average Bonchev–Trinajstić information content (AvgIpc) is 2.95. The van der Waals surface area contributed by atoms with Crippen molar-refractivity contribution in [1.82, 2.24) is 10.2 Å². The van der Waals surface area contributed by atoms with Crippen molar-refractivity contribution < 1.29 is 31.5 Å². The zero-order valence-electron chi connectivity index (χ0n) is 24.1. The van der Waals surface area contributed by atoms with Gasteiger partial charge in [0.25, 0.3) is 5.91 Å². The van der Waals surface area contributed by atoms with E-state index in [4.69, 9.17) is 10.5 Å². The number of nitrogens with zero attached hydrogens (tertiary/aromatic N) is 1. The minimum absolute atomic E-state index is 0.151. The van der Waals surface area contributed by atoms with E-state index in [0.717, 1.165) is 43.7 Å². The summed E-state index contributed by atoms with van der Waals surface area (Å²) >= 11 is 0. The Kier molecular flexibility index (Phi) is 10.4. The topological polar surface area (TPSA) is 131 Å². The zero-order chi connectivity index (χ0) is 31.1. The first-order valence-electron chi connectivity index (χ1n) is 14.1. The quantitative estimate of drug-likeness (QED) is 0.258. The van der Waals surface area contributed by atoms with E-state index in [2.05, 4.69) is 22.5 Å². The minimum atomic E-state index is -3.28. The third-order valence-corrected chi connectivity index (χ3v) is 8.56. The van der Waals surface area contributed by atoms with Gasteiger partial charge in [-0.2, -0.15) is 0 Å². The number of piperidine rings is 1. The molecule has 1 saturated heterocycles. The Labute approximate surface area is 250 Å². The molecule has 12 heteroatoms.